The number of Topliss-reactive ketones (excluding diaryl/α,β-unsaturated/α-hetero) is 1. The molecule has 0 unspecified atom stereocenters. The Bertz CT molecular complexity index is 517. The van der Waals surface area contributed by atoms with Gasteiger partial charge in [-0.1, -0.05) is 0 Å². The monoisotopic (exact) mass is 232 g/mol. The van der Waals surface area contributed by atoms with E-state index in [0.717, 1.165) is 5.56 Å². The normalized spacial score (nSPS) is 10.2. The first-order valence-corrected chi connectivity index (χ1v) is 5.18. The van der Waals surface area contributed by atoms with Crippen LogP contribution in [-0.2, 0) is 4.79 Å². The minimum absolute atomic E-state index is 0.0124. The van der Waals surface area contributed by atoms with Crippen molar-refractivity contribution in [2.75, 3.05) is 6.61 Å². The van der Waals surface area contributed by atoms with E-state index >= 15 is 0 Å². The summed E-state index contributed by atoms with van der Waals surface area (Å²) in [6, 6.07) is 7.14. The standard InChI is InChI=1S/C12H12N2O3/c1-8(15)7-16-11-5-3-10(4-6-11)12-14-13-9(2)17-12/h3-6H,7H2,1-2H3. The van der Waals surface area contributed by atoms with Gasteiger partial charge in [0.15, 0.2) is 5.78 Å². The van der Waals surface area contributed by atoms with E-state index < -0.39 is 0 Å². The zero-order valence-corrected chi connectivity index (χ0v) is 9.64. The van der Waals surface area contributed by atoms with Gasteiger partial charge in [0.2, 0.25) is 11.8 Å². The zero-order chi connectivity index (χ0) is 12.3. The van der Waals surface area contributed by atoms with E-state index in [1.807, 2.05) is 12.1 Å². The summed E-state index contributed by atoms with van der Waals surface area (Å²) in [6.07, 6.45) is 0. The number of nitrogens with zero attached hydrogens (tertiary/aromatic N) is 2. The van der Waals surface area contributed by atoms with Crippen molar-refractivity contribution in [2.24, 2.45) is 0 Å². The third-order valence-corrected chi connectivity index (χ3v) is 2.07. The highest BCUT2D eigenvalue weighted by Crippen LogP contribution is 2.20. The Labute approximate surface area is 98.4 Å². The van der Waals surface area contributed by atoms with Crippen LogP contribution in [0, 0.1) is 6.92 Å². The van der Waals surface area contributed by atoms with Gasteiger partial charge in [-0.05, 0) is 31.2 Å². The molecule has 5 heteroatoms. The Morgan fingerprint density at radius 1 is 1.29 bits per heavy atom. The number of aryl methyl sites for hydroxylation is 1. The molecule has 0 aliphatic carbocycles. The molecule has 0 atom stereocenters. The molecule has 5 nitrogen and oxygen atoms in total. The fourth-order valence-electron chi connectivity index (χ4n) is 1.29. The van der Waals surface area contributed by atoms with Crippen LogP contribution < -0.4 is 4.74 Å². The van der Waals surface area contributed by atoms with Crippen LogP contribution in [0.4, 0.5) is 0 Å². The second kappa shape index (κ2) is 4.78. The Morgan fingerprint density at radius 2 is 2.00 bits per heavy atom. The molecule has 0 N–H and O–H groups in total. The minimum Gasteiger partial charge on any atom is -0.486 e. The van der Waals surface area contributed by atoms with Crippen molar-refractivity contribution in [3.8, 4) is 17.2 Å². The Balaban J connectivity index is 2.10. The van der Waals surface area contributed by atoms with Gasteiger partial charge in [-0.15, -0.1) is 10.2 Å². The van der Waals surface area contributed by atoms with Crippen LogP contribution in [-0.4, -0.2) is 22.6 Å². The molecule has 1 aromatic heterocycles. The fourth-order valence-corrected chi connectivity index (χ4v) is 1.29. The van der Waals surface area contributed by atoms with Crippen LogP contribution in [0.2, 0.25) is 0 Å². The van der Waals surface area contributed by atoms with E-state index in [1.54, 1.807) is 19.1 Å². The summed E-state index contributed by atoms with van der Waals surface area (Å²) in [4.78, 5) is 10.7. The van der Waals surface area contributed by atoms with Gasteiger partial charge < -0.3 is 9.15 Å². The third kappa shape index (κ3) is 2.90. The number of carbonyl (C=O) groups excluding carboxylic acids is 1. The second-order valence-corrected chi connectivity index (χ2v) is 3.64. The number of rotatable bonds is 4. The molecule has 0 fully saturated rings. The fraction of sp³-hybridized carbons (Fsp3) is 0.250. The summed E-state index contributed by atoms with van der Waals surface area (Å²) in [5.41, 5.74) is 0.820. The molecule has 1 aromatic carbocycles. The Hall–Kier alpha value is -2.17. The van der Waals surface area contributed by atoms with E-state index in [4.69, 9.17) is 9.15 Å². The number of hydrogen-bond acceptors (Lipinski definition) is 5. The lowest BCUT2D eigenvalue weighted by Crippen LogP contribution is -2.06. The second-order valence-electron chi connectivity index (χ2n) is 3.64. The van der Waals surface area contributed by atoms with Crippen molar-refractivity contribution in [1.29, 1.82) is 0 Å². The molecule has 0 amide bonds. The maximum atomic E-state index is 10.7. The molecule has 0 aliphatic rings. The number of hydrogen-bond donors (Lipinski definition) is 0. The van der Waals surface area contributed by atoms with E-state index in [-0.39, 0.29) is 12.4 Å². The average Bonchev–Trinajstić information content (AvgIpc) is 2.74. The van der Waals surface area contributed by atoms with Gasteiger partial charge in [-0.25, -0.2) is 0 Å². The van der Waals surface area contributed by atoms with Crippen LogP contribution in [0.1, 0.15) is 12.8 Å². The van der Waals surface area contributed by atoms with E-state index in [9.17, 15) is 4.79 Å². The van der Waals surface area contributed by atoms with Crippen LogP contribution in [0.3, 0.4) is 0 Å². The van der Waals surface area contributed by atoms with Crippen molar-refractivity contribution in [1.82, 2.24) is 10.2 Å². The molecule has 0 aliphatic heterocycles. The summed E-state index contributed by atoms with van der Waals surface area (Å²) in [6.45, 7) is 3.30. The summed E-state index contributed by atoms with van der Waals surface area (Å²) in [5.74, 6) is 1.62. The maximum absolute atomic E-state index is 10.7. The van der Waals surface area contributed by atoms with Gasteiger partial charge >= 0.3 is 0 Å². The third-order valence-electron chi connectivity index (χ3n) is 2.07. The van der Waals surface area contributed by atoms with Crippen LogP contribution >= 0.6 is 0 Å². The lowest BCUT2D eigenvalue weighted by atomic mass is 10.2. The molecular formula is C12H12N2O3. The summed E-state index contributed by atoms with van der Waals surface area (Å²) in [5, 5.41) is 7.66. The molecule has 2 rings (SSSR count). The lowest BCUT2D eigenvalue weighted by molar-refractivity contribution is -0.118. The predicted molar refractivity (Wildman–Crippen MR) is 60.6 cm³/mol. The van der Waals surface area contributed by atoms with Crippen LogP contribution in [0.15, 0.2) is 28.7 Å². The molecule has 0 saturated carbocycles. The van der Waals surface area contributed by atoms with Crippen molar-refractivity contribution >= 4 is 5.78 Å². The van der Waals surface area contributed by atoms with E-state index in [0.29, 0.717) is 17.5 Å². The minimum atomic E-state index is -0.0124. The quantitative estimate of drug-likeness (QED) is 0.806. The lowest BCUT2D eigenvalue weighted by Gasteiger charge is -2.03. The molecule has 2 aromatic rings. The van der Waals surface area contributed by atoms with Gasteiger partial charge in [-0.2, -0.15) is 0 Å². The molecule has 88 valence electrons. The highest BCUT2D eigenvalue weighted by Gasteiger charge is 2.05. The first kappa shape index (κ1) is 11.3. The Morgan fingerprint density at radius 3 is 2.53 bits per heavy atom. The molecule has 1 heterocycles. The summed E-state index contributed by atoms with van der Waals surface area (Å²) in [7, 11) is 0. The van der Waals surface area contributed by atoms with Crippen LogP contribution in [0.5, 0.6) is 5.75 Å². The first-order valence-electron chi connectivity index (χ1n) is 5.18. The van der Waals surface area contributed by atoms with Crippen molar-refractivity contribution in [2.45, 2.75) is 13.8 Å². The van der Waals surface area contributed by atoms with Crippen molar-refractivity contribution < 1.29 is 13.9 Å². The topological polar surface area (TPSA) is 65.2 Å². The van der Waals surface area contributed by atoms with Gasteiger partial charge in [0.25, 0.3) is 0 Å². The van der Waals surface area contributed by atoms with Gasteiger partial charge in [0.1, 0.15) is 12.4 Å². The van der Waals surface area contributed by atoms with Crippen LogP contribution in [0.25, 0.3) is 11.5 Å². The zero-order valence-electron chi connectivity index (χ0n) is 9.64. The molecule has 0 spiro atoms. The summed E-state index contributed by atoms with van der Waals surface area (Å²) < 4.78 is 10.5. The van der Waals surface area contributed by atoms with Crippen molar-refractivity contribution in [3.05, 3.63) is 30.2 Å². The maximum Gasteiger partial charge on any atom is 0.247 e. The predicted octanol–water partition coefficient (Wildman–Crippen LogP) is 2.01. The number of aromatic nitrogens is 2. The average molecular weight is 232 g/mol. The SMILES string of the molecule is CC(=O)COc1ccc(-c2nnc(C)o2)cc1. The number of ketones is 1. The highest BCUT2D eigenvalue weighted by molar-refractivity contribution is 5.77. The molecular weight excluding hydrogens is 220 g/mol. The molecule has 0 bridgehead atoms. The van der Waals surface area contributed by atoms with Gasteiger partial charge in [-0.3, -0.25) is 4.79 Å². The molecule has 0 saturated heterocycles. The highest BCUT2D eigenvalue weighted by atomic mass is 16.5. The number of benzene rings is 1. The first-order chi connectivity index (χ1) is 8.15. The molecule has 17 heavy (non-hydrogen) atoms. The summed E-state index contributed by atoms with van der Waals surface area (Å²) >= 11 is 0. The Kier molecular flexibility index (Phi) is 3.18. The smallest absolute Gasteiger partial charge is 0.247 e. The molecule has 0 radical (unpaired) electrons. The van der Waals surface area contributed by atoms with Gasteiger partial charge in [0.05, 0.1) is 0 Å². The van der Waals surface area contributed by atoms with E-state index in [1.165, 1.54) is 6.92 Å². The van der Waals surface area contributed by atoms with Crippen molar-refractivity contribution in [3.63, 3.8) is 0 Å². The van der Waals surface area contributed by atoms with Gasteiger partial charge in [0, 0.05) is 12.5 Å². The van der Waals surface area contributed by atoms with E-state index in [2.05, 4.69) is 10.2 Å². The largest absolute Gasteiger partial charge is 0.486 e. The number of carbonyl (C=O) groups is 1. The number of ether oxygens (including phenoxy) is 1.